The van der Waals surface area contributed by atoms with E-state index in [-0.39, 0.29) is 6.61 Å². The van der Waals surface area contributed by atoms with Gasteiger partial charge in [-0.1, -0.05) is 35.3 Å². The van der Waals surface area contributed by atoms with Crippen molar-refractivity contribution in [3.63, 3.8) is 0 Å². The Kier molecular flexibility index (Phi) is 6.60. The number of halogens is 2. The zero-order valence-electron chi connectivity index (χ0n) is 14.5. The molecule has 1 aromatic heterocycles. The molecular formula is C18H18Cl2N4O2S. The number of nitrogens with one attached hydrogen (secondary N) is 2. The summed E-state index contributed by atoms with van der Waals surface area (Å²) in [4.78, 5) is 0. The van der Waals surface area contributed by atoms with Crippen molar-refractivity contribution in [3.8, 4) is 11.5 Å². The second-order valence-corrected chi connectivity index (χ2v) is 6.77. The van der Waals surface area contributed by atoms with Gasteiger partial charge in [0.2, 0.25) is 4.77 Å². The molecule has 0 aliphatic heterocycles. The van der Waals surface area contributed by atoms with Gasteiger partial charge in [-0.15, -0.1) is 0 Å². The molecule has 27 heavy (non-hydrogen) atoms. The van der Waals surface area contributed by atoms with Crippen LogP contribution >= 0.6 is 35.4 Å². The molecule has 0 saturated heterocycles. The number of aromatic amines is 1. The summed E-state index contributed by atoms with van der Waals surface area (Å²) in [6.07, 6.45) is 1.58. The number of benzene rings is 2. The lowest BCUT2D eigenvalue weighted by Gasteiger charge is -2.15. The molecule has 1 heterocycles. The highest BCUT2D eigenvalue weighted by molar-refractivity contribution is 7.71. The van der Waals surface area contributed by atoms with E-state index in [2.05, 4.69) is 15.6 Å². The van der Waals surface area contributed by atoms with Crippen molar-refractivity contribution in [3.05, 3.63) is 68.7 Å². The summed E-state index contributed by atoms with van der Waals surface area (Å²) >= 11 is 17.5. The number of ether oxygens (including phenoxy) is 2. The summed E-state index contributed by atoms with van der Waals surface area (Å²) < 4.78 is 13.8. The van der Waals surface area contributed by atoms with Crippen LogP contribution in [0.3, 0.4) is 0 Å². The van der Waals surface area contributed by atoms with Crippen molar-refractivity contribution >= 4 is 35.4 Å². The SMILES string of the molecule is CCOc1cc(CNn2cn[nH]c2=S)ccc1OCc1c(Cl)cccc1Cl. The molecule has 3 aromatic rings. The Morgan fingerprint density at radius 3 is 2.59 bits per heavy atom. The van der Waals surface area contributed by atoms with Gasteiger partial charge in [-0.3, -0.25) is 5.10 Å². The Balaban J connectivity index is 1.73. The lowest BCUT2D eigenvalue weighted by Crippen LogP contribution is -2.13. The largest absolute Gasteiger partial charge is 0.490 e. The summed E-state index contributed by atoms with van der Waals surface area (Å²) in [5, 5.41) is 7.69. The summed E-state index contributed by atoms with van der Waals surface area (Å²) in [5.74, 6) is 1.27. The normalized spacial score (nSPS) is 10.6. The van der Waals surface area contributed by atoms with Crippen LogP contribution in [-0.4, -0.2) is 21.5 Å². The molecule has 0 saturated carbocycles. The van der Waals surface area contributed by atoms with Gasteiger partial charge in [-0.2, -0.15) is 5.10 Å². The van der Waals surface area contributed by atoms with Crippen molar-refractivity contribution in [2.24, 2.45) is 0 Å². The predicted molar refractivity (Wildman–Crippen MR) is 109 cm³/mol. The number of rotatable bonds is 8. The summed E-state index contributed by atoms with van der Waals surface area (Å²) in [7, 11) is 0. The van der Waals surface area contributed by atoms with Crippen molar-refractivity contribution in [1.29, 1.82) is 0 Å². The number of H-pyrrole nitrogens is 1. The Labute approximate surface area is 172 Å². The molecule has 0 amide bonds. The fourth-order valence-corrected chi connectivity index (χ4v) is 3.08. The van der Waals surface area contributed by atoms with Crippen LogP contribution in [-0.2, 0) is 13.2 Å². The zero-order chi connectivity index (χ0) is 19.2. The van der Waals surface area contributed by atoms with Gasteiger partial charge in [0, 0.05) is 15.6 Å². The highest BCUT2D eigenvalue weighted by atomic mass is 35.5. The number of aromatic nitrogens is 3. The van der Waals surface area contributed by atoms with Crippen molar-refractivity contribution in [1.82, 2.24) is 14.9 Å². The maximum Gasteiger partial charge on any atom is 0.214 e. The first-order valence-corrected chi connectivity index (χ1v) is 9.42. The second-order valence-electron chi connectivity index (χ2n) is 5.57. The van der Waals surface area contributed by atoms with Gasteiger partial charge in [-0.05, 0) is 49.0 Å². The van der Waals surface area contributed by atoms with Crippen LogP contribution in [0.1, 0.15) is 18.1 Å². The van der Waals surface area contributed by atoms with Gasteiger partial charge in [0.1, 0.15) is 12.9 Å². The van der Waals surface area contributed by atoms with Gasteiger partial charge in [0.25, 0.3) is 0 Å². The van der Waals surface area contributed by atoms with Gasteiger partial charge < -0.3 is 14.9 Å². The third-order valence-electron chi connectivity index (χ3n) is 3.75. The maximum absolute atomic E-state index is 6.20. The lowest BCUT2D eigenvalue weighted by atomic mass is 10.2. The molecule has 2 aromatic carbocycles. The molecule has 142 valence electrons. The van der Waals surface area contributed by atoms with Crippen LogP contribution in [0.25, 0.3) is 0 Å². The number of nitrogens with zero attached hydrogens (tertiary/aromatic N) is 2. The van der Waals surface area contributed by atoms with Crippen molar-refractivity contribution in [2.45, 2.75) is 20.1 Å². The Hall–Kier alpha value is -2.22. The first-order chi connectivity index (χ1) is 13.1. The minimum absolute atomic E-state index is 0.250. The molecule has 0 fully saturated rings. The summed E-state index contributed by atoms with van der Waals surface area (Å²) in [6, 6.07) is 11.1. The minimum Gasteiger partial charge on any atom is -0.490 e. The highest BCUT2D eigenvalue weighted by Gasteiger charge is 2.10. The average Bonchev–Trinajstić information content (AvgIpc) is 3.06. The molecule has 0 bridgehead atoms. The predicted octanol–water partition coefficient (Wildman–Crippen LogP) is 4.97. The van der Waals surface area contributed by atoms with Crippen LogP contribution in [0.15, 0.2) is 42.7 Å². The van der Waals surface area contributed by atoms with Crippen LogP contribution in [0, 0.1) is 4.77 Å². The van der Waals surface area contributed by atoms with E-state index < -0.39 is 0 Å². The molecule has 0 unspecified atom stereocenters. The smallest absolute Gasteiger partial charge is 0.214 e. The maximum atomic E-state index is 6.20. The molecule has 9 heteroatoms. The topological polar surface area (TPSA) is 64.1 Å². The first-order valence-electron chi connectivity index (χ1n) is 8.25. The van der Waals surface area contributed by atoms with E-state index in [1.807, 2.05) is 25.1 Å². The Morgan fingerprint density at radius 2 is 1.93 bits per heavy atom. The van der Waals surface area contributed by atoms with Crippen LogP contribution in [0.2, 0.25) is 10.0 Å². The van der Waals surface area contributed by atoms with E-state index in [1.165, 1.54) is 0 Å². The molecule has 6 nitrogen and oxygen atoms in total. The number of hydrogen-bond donors (Lipinski definition) is 2. The number of hydrogen-bond acceptors (Lipinski definition) is 5. The summed E-state index contributed by atoms with van der Waals surface area (Å²) in [6.45, 7) is 3.24. The zero-order valence-corrected chi connectivity index (χ0v) is 16.9. The molecule has 0 spiro atoms. The van der Waals surface area contributed by atoms with Gasteiger partial charge in [0.05, 0.1) is 13.2 Å². The third kappa shape index (κ3) is 4.94. The van der Waals surface area contributed by atoms with E-state index in [4.69, 9.17) is 44.9 Å². The fraction of sp³-hybridized carbons (Fsp3) is 0.222. The van der Waals surface area contributed by atoms with E-state index in [0.29, 0.717) is 39.5 Å². The standard InChI is InChI=1S/C18H18Cl2N4O2S/c1-2-25-17-8-12(9-22-24-11-21-23-18(24)27)6-7-16(17)26-10-13-14(19)4-3-5-15(13)20/h3-8,11,22H,2,9-10H2,1H3,(H,23,27). The summed E-state index contributed by atoms with van der Waals surface area (Å²) in [5.41, 5.74) is 4.90. The molecule has 0 radical (unpaired) electrons. The first kappa shape index (κ1) is 19.5. The van der Waals surface area contributed by atoms with Crippen LogP contribution in [0.5, 0.6) is 11.5 Å². The van der Waals surface area contributed by atoms with Gasteiger partial charge in [0.15, 0.2) is 11.5 Å². The van der Waals surface area contributed by atoms with E-state index >= 15 is 0 Å². The van der Waals surface area contributed by atoms with Crippen LogP contribution < -0.4 is 14.9 Å². The fourth-order valence-electron chi connectivity index (χ4n) is 2.41. The molecule has 0 atom stereocenters. The molecular weight excluding hydrogens is 407 g/mol. The lowest BCUT2D eigenvalue weighted by molar-refractivity contribution is 0.269. The molecule has 0 aliphatic rings. The molecule has 2 N–H and O–H groups in total. The van der Waals surface area contributed by atoms with Crippen molar-refractivity contribution in [2.75, 3.05) is 12.0 Å². The quantitative estimate of drug-likeness (QED) is 0.499. The van der Waals surface area contributed by atoms with Crippen LogP contribution in [0.4, 0.5) is 0 Å². The average molecular weight is 425 g/mol. The van der Waals surface area contributed by atoms with E-state index in [1.54, 1.807) is 29.2 Å². The van der Waals surface area contributed by atoms with Gasteiger partial charge >= 0.3 is 0 Å². The molecule has 3 rings (SSSR count). The third-order valence-corrected chi connectivity index (χ3v) is 4.74. The van der Waals surface area contributed by atoms with Gasteiger partial charge in [-0.25, -0.2) is 4.68 Å². The Bertz CT molecular complexity index is 954. The second kappa shape index (κ2) is 9.12. The minimum atomic E-state index is 0.250. The Morgan fingerprint density at radius 1 is 1.15 bits per heavy atom. The van der Waals surface area contributed by atoms with Crippen molar-refractivity contribution < 1.29 is 9.47 Å². The monoisotopic (exact) mass is 424 g/mol. The van der Waals surface area contributed by atoms with E-state index in [0.717, 1.165) is 11.1 Å². The molecule has 0 aliphatic carbocycles. The van der Waals surface area contributed by atoms with E-state index in [9.17, 15) is 0 Å². The highest BCUT2D eigenvalue weighted by Crippen LogP contribution is 2.31.